The lowest BCUT2D eigenvalue weighted by Gasteiger charge is -2.54. The van der Waals surface area contributed by atoms with Gasteiger partial charge in [0.15, 0.2) is 5.82 Å². The molecule has 1 aromatic heterocycles. The summed E-state index contributed by atoms with van der Waals surface area (Å²) in [6, 6.07) is 5.14. The van der Waals surface area contributed by atoms with Gasteiger partial charge in [0.05, 0.1) is 5.69 Å². The second kappa shape index (κ2) is 6.10. The first-order chi connectivity index (χ1) is 12.0. The lowest BCUT2D eigenvalue weighted by Crippen LogP contribution is -2.63. The van der Waals surface area contributed by atoms with Crippen LogP contribution in [0.1, 0.15) is 31.7 Å². The van der Waals surface area contributed by atoms with Gasteiger partial charge in [-0.1, -0.05) is 6.92 Å². The first-order valence-electron chi connectivity index (χ1n) is 8.69. The van der Waals surface area contributed by atoms with Crippen LogP contribution in [0.25, 0.3) is 11.4 Å². The number of carbonyl (C=O) groups is 1. The molecule has 4 rings (SSSR count). The molecule has 1 N–H and O–H groups in total. The van der Waals surface area contributed by atoms with Crippen LogP contribution in [-0.4, -0.2) is 33.0 Å². The maximum atomic E-state index is 14.4. The molecule has 3 heterocycles. The fourth-order valence-corrected chi connectivity index (χ4v) is 4.11. The Labute approximate surface area is 146 Å². The van der Waals surface area contributed by atoms with Gasteiger partial charge >= 0.3 is 6.03 Å². The molecular formula is C19H21FN4O. The molecule has 5 nitrogen and oxygen atoms in total. The van der Waals surface area contributed by atoms with E-state index in [2.05, 4.69) is 22.2 Å². The average Bonchev–Trinajstić information content (AvgIpc) is 2.57. The molecule has 1 unspecified atom stereocenters. The number of hydrogen-bond donors (Lipinski definition) is 1. The molecule has 2 bridgehead atoms. The van der Waals surface area contributed by atoms with E-state index in [1.54, 1.807) is 24.5 Å². The van der Waals surface area contributed by atoms with Gasteiger partial charge in [0, 0.05) is 30.0 Å². The van der Waals surface area contributed by atoms with Crippen molar-refractivity contribution in [3.63, 3.8) is 0 Å². The maximum absolute atomic E-state index is 14.4. The van der Waals surface area contributed by atoms with Crippen molar-refractivity contribution in [3.05, 3.63) is 42.0 Å². The van der Waals surface area contributed by atoms with Gasteiger partial charge in [-0.2, -0.15) is 0 Å². The van der Waals surface area contributed by atoms with Crippen molar-refractivity contribution in [1.82, 2.24) is 14.9 Å². The summed E-state index contributed by atoms with van der Waals surface area (Å²) in [5.74, 6) is 0.737. The minimum absolute atomic E-state index is 0.177. The molecule has 6 heteroatoms. The Balaban J connectivity index is 1.58. The molecule has 2 aliphatic rings. The number of carbonyl (C=O) groups excluding carboxylic acids is 1. The molecule has 2 saturated heterocycles. The van der Waals surface area contributed by atoms with Gasteiger partial charge in [0.25, 0.3) is 0 Å². The summed E-state index contributed by atoms with van der Waals surface area (Å²) in [5.41, 5.74) is 1.63. The van der Waals surface area contributed by atoms with E-state index in [4.69, 9.17) is 0 Å². The molecule has 0 aliphatic carbocycles. The number of nitrogens with zero attached hydrogens (tertiary/aromatic N) is 3. The SMILES string of the molecule is Cc1cc(F)c(NC(=O)N2[C@@H]3CC(C)C[C@H]2C3)cc1-c1ncccn1. The molecule has 2 aliphatic heterocycles. The second-order valence-corrected chi connectivity index (χ2v) is 7.18. The molecule has 130 valence electrons. The third-order valence-electron chi connectivity index (χ3n) is 5.28. The summed E-state index contributed by atoms with van der Waals surface area (Å²) in [6.07, 6.45) is 6.42. The largest absolute Gasteiger partial charge is 0.322 e. The zero-order valence-electron chi connectivity index (χ0n) is 14.4. The Morgan fingerprint density at radius 1 is 1.20 bits per heavy atom. The number of benzene rings is 1. The molecule has 0 saturated carbocycles. The number of piperidine rings is 1. The lowest BCUT2D eigenvalue weighted by atomic mass is 9.74. The van der Waals surface area contributed by atoms with Crippen molar-refractivity contribution in [2.24, 2.45) is 5.92 Å². The summed E-state index contributed by atoms with van der Waals surface area (Å²) in [6.45, 7) is 4.03. The summed E-state index contributed by atoms with van der Waals surface area (Å²) < 4.78 is 14.4. The van der Waals surface area contributed by atoms with E-state index in [0.29, 0.717) is 23.8 Å². The highest BCUT2D eigenvalue weighted by Crippen LogP contribution is 2.41. The lowest BCUT2D eigenvalue weighted by molar-refractivity contribution is -0.00603. The first kappa shape index (κ1) is 16.0. The zero-order chi connectivity index (χ0) is 17.6. The standard InChI is InChI=1S/C19H21FN4O/c1-11-6-13-9-14(7-11)24(13)19(25)23-17-10-15(12(2)8-16(17)20)18-21-4-3-5-22-18/h3-5,8,10-11,13-14H,6-7,9H2,1-2H3,(H,23,25)/t11?,13-,14+. The highest BCUT2D eigenvalue weighted by atomic mass is 19.1. The molecule has 1 aromatic carbocycles. The molecule has 2 amide bonds. The van der Waals surface area contributed by atoms with Crippen LogP contribution >= 0.6 is 0 Å². The number of aryl methyl sites for hydroxylation is 1. The van der Waals surface area contributed by atoms with Crippen molar-refractivity contribution < 1.29 is 9.18 Å². The zero-order valence-corrected chi connectivity index (χ0v) is 14.4. The number of nitrogens with one attached hydrogen (secondary N) is 1. The molecule has 2 aromatic rings. The van der Waals surface area contributed by atoms with Gasteiger partial charge < -0.3 is 10.2 Å². The van der Waals surface area contributed by atoms with E-state index in [1.165, 1.54) is 6.07 Å². The number of anilines is 1. The second-order valence-electron chi connectivity index (χ2n) is 7.18. The van der Waals surface area contributed by atoms with E-state index in [1.807, 2.05) is 11.8 Å². The minimum atomic E-state index is -0.440. The van der Waals surface area contributed by atoms with Crippen LogP contribution in [0.3, 0.4) is 0 Å². The van der Waals surface area contributed by atoms with Crippen LogP contribution in [0.4, 0.5) is 14.9 Å². The van der Waals surface area contributed by atoms with Crippen LogP contribution < -0.4 is 5.32 Å². The van der Waals surface area contributed by atoms with Crippen molar-refractivity contribution in [2.45, 2.75) is 45.2 Å². The smallest absolute Gasteiger partial charge is 0.318 e. The number of aromatic nitrogens is 2. The summed E-state index contributed by atoms with van der Waals surface area (Å²) >= 11 is 0. The Kier molecular flexibility index (Phi) is 3.90. The minimum Gasteiger partial charge on any atom is -0.318 e. The fraction of sp³-hybridized carbons (Fsp3) is 0.421. The summed E-state index contributed by atoms with van der Waals surface area (Å²) in [5, 5.41) is 2.75. The number of urea groups is 1. The predicted octanol–water partition coefficient (Wildman–Crippen LogP) is 4.00. The number of hydrogen-bond acceptors (Lipinski definition) is 3. The van der Waals surface area contributed by atoms with Gasteiger partial charge in [-0.25, -0.2) is 19.2 Å². The van der Waals surface area contributed by atoms with E-state index in [9.17, 15) is 9.18 Å². The van der Waals surface area contributed by atoms with Gasteiger partial charge in [0.2, 0.25) is 0 Å². The highest BCUT2D eigenvalue weighted by molar-refractivity contribution is 5.91. The Morgan fingerprint density at radius 2 is 1.88 bits per heavy atom. The van der Waals surface area contributed by atoms with Crippen LogP contribution in [0.15, 0.2) is 30.6 Å². The molecular weight excluding hydrogens is 319 g/mol. The molecule has 25 heavy (non-hydrogen) atoms. The van der Waals surface area contributed by atoms with Gasteiger partial charge in [0.1, 0.15) is 5.82 Å². The molecule has 0 spiro atoms. The van der Waals surface area contributed by atoms with Gasteiger partial charge in [-0.3, -0.25) is 0 Å². The van der Waals surface area contributed by atoms with Crippen LogP contribution in [0, 0.1) is 18.7 Å². The first-order valence-corrected chi connectivity index (χ1v) is 8.69. The topological polar surface area (TPSA) is 58.1 Å². The number of halogens is 1. The van der Waals surface area contributed by atoms with Crippen molar-refractivity contribution >= 4 is 11.7 Å². The van der Waals surface area contributed by atoms with E-state index < -0.39 is 5.82 Å². The maximum Gasteiger partial charge on any atom is 0.322 e. The third kappa shape index (κ3) is 2.86. The Morgan fingerprint density at radius 3 is 2.56 bits per heavy atom. The van der Waals surface area contributed by atoms with E-state index in [0.717, 1.165) is 30.4 Å². The van der Waals surface area contributed by atoms with E-state index >= 15 is 0 Å². The number of fused-ring (bicyclic) bond motifs is 2. The van der Waals surface area contributed by atoms with Crippen molar-refractivity contribution in [2.75, 3.05) is 5.32 Å². The quantitative estimate of drug-likeness (QED) is 0.899. The predicted molar refractivity (Wildman–Crippen MR) is 93.6 cm³/mol. The van der Waals surface area contributed by atoms with Gasteiger partial charge in [-0.05, 0) is 55.9 Å². The Bertz CT molecular complexity index is 799. The van der Waals surface area contributed by atoms with E-state index in [-0.39, 0.29) is 11.7 Å². The normalized spacial score (nSPS) is 24.6. The highest BCUT2D eigenvalue weighted by Gasteiger charge is 2.46. The number of rotatable bonds is 2. The van der Waals surface area contributed by atoms with Crippen LogP contribution in [0.2, 0.25) is 0 Å². The number of amides is 2. The van der Waals surface area contributed by atoms with Crippen LogP contribution in [-0.2, 0) is 0 Å². The van der Waals surface area contributed by atoms with Crippen molar-refractivity contribution in [1.29, 1.82) is 0 Å². The Hall–Kier alpha value is -2.50. The molecule has 3 atom stereocenters. The monoisotopic (exact) mass is 340 g/mol. The average molecular weight is 340 g/mol. The van der Waals surface area contributed by atoms with Crippen LogP contribution in [0.5, 0.6) is 0 Å². The fourth-order valence-electron chi connectivity index (χ4n) is 4.11. The molecule has 2 fully saturated rings. The van der Waals surface area contributed by atoms with Gasteiger partial charge in [-0.15, -0.1) is 0 Å². The summed E-state index contributed by atoms with van der Waals surface area (Å²) in [7, 11) is 0. The van der Waals surface area contributed by atoms with Crippen molar-refractivity contribution in [3.8, 4) is 11.4 Å². The summed E-state index contributed by atoms with van der Waals surface area (Å²) in [4.78, 5) is 22.9. The third-order valence-corrected chi connectivity index (χ3v) is 5.28. The molecule has 0 radical (unpaired) electrons.